The molecule has 3 rings (SSSR count). The molecule has 1 amide bonds. The van der Waals surface area contributed by atoms with Crippen molar-refractivity contribution in [3.8, 4) is 0 Å². The van der Waals surface area contributed by atoms with Gasteiger partial charge in [0.15, 0.2) is 0 Å². The molecular weight excluding hydrogens is 386 g/mol. The molecule has 1 saturated carbocycles. The van der Waals surface area contributed by atoms with Crippen LogP contribution < -0.4 is 14.9 Å². The van der Waals surface area contributed by atoms with Gasteiger partial charge in [-0.15, -0.1) is 0 Å². The number of sulfonamides is 1. The highest BCUT2D eigenvalue weighted by Crippen LogP contribution is 2.20. The zero-order valence-electron chi connectivity index (χ0n) is 17.0. The normalized spacial score (nSPS) is 14.7. The first kappa shape index (κ1) is 21.3. The SMILES string of the molecule is CN(C)c1ccc(C(=O)NCCc2ccc(S(=O)(=O)NC3CCCC3)cc2)cc1. The van der Waals surface area contributed by atoms with Gasteiger partial charge in [0.1, 0.15) is 0 Å². The quantitative estimate of drug-likeness (QED) is 0.695. The van der Waals surface area contributed by atoms with Crippen molar-refractivity contribution in [2.45, 2.75) is 43.0 Å². The molecule has 0 atom stereocenters. The van der Waals surface area contributed by atoms with E-state index in [4.69, 9.17) is 0 Å². The monoisotopic (exact) mass is 415 g/mol. The van der Waals surface area contributed by atoms with Gasteiger partial charge in [-0.1, -0.05) is 25.0 Å². The summed E-state index contributed by atoms with van der Waals surface area (Å²) in [4.78, 5) is 14.5. The van der Waals surface area contributed by atoms with E-state index in [1.54, 1.807) is 24.3 Å². The van der Waals surface area contributed by atoms with E-state index < -0.39 is 10.0 Å². The van der Waals surface area contributed by atoms with Gasteiger partial charge in [-0.3, -0.25) is 4.79 Å². The summed E-state index contributed by atoms with van der Waals surface area (Å²) < 4.78 is 27.7. The number of nitrogens with zero attached hydrogens (tertiary/aromatic N) is 1. The van der Waals surface area contributed by atoms with E-state index in [1.807, 2.05) is 43.3 Å². The van der Waals surface area contributed by atoms with Crippen LogP contribution in [0.5, 0.6) is 0 Å². The van der Waals surface area contributed by atoms with E-state index >= 15 is 0 Å². The molecule has 0 bridgehead atoms. The van der Waals surface area contributed by atoms with Crippen molar-refractivity contribution in [3.05, 3.63) is 59.7 Å². The molecule has 2 N–H and O–H groups in total. The van der Waals surface area contributed by atoms with Crippen LogP contribution >= 0.6 is 0 Å². The summed E-state index contributed by atoms with van der Waals surface area (Å²) in [5.41, 5.74) is 2.64. The maximum atomic E-state index is 12.5. The average Bonchev–Trinajstić information content (AvgIpc) is 3.20. The number of amides is 1. The molecular formula is C22H29N3O3S. The van der Waals surface area contributed by atoms with Crippen LogP contribution in [0.2, 0.25) is 0 Å². The lowest BCUT2D eigenvalue weighted by Crippen LogP contribution is -2.32. The fraction of sp³-hybridized carbons (Fsp3) is 0.409. The highest BCUT2D eigenvalue weighted by Gasteiger charge is 2.22. The molecule has 7 heteroatoms. The molecule has 0 radical (unpaired) electrons. The Morgan fingerprint density at radius 3 is 2.21 bits per heavy atom. The van der Waals surface area contributed by atoms with Crippen molar-refractivity contribution in [1.29, 1.82) is 0 Å². The largest absolute Gasteiger partial charge is 0.378 e. The van der Waals surface area contributed by atoms with Crippen molar-refractivity contribution < 1.29 is 13.2 Å². The van der Waals surface area contributed by atoms with E-state index in [2.05, 4.69) is 10.0 Å². The second kappa shape index (κ2) is 9.41. The highest BCUT2D eigenvalue weighted by molar-refractivity contribution is 7.89. The molecule has 2 aromatic carbocycles. The second-order valence-corrected chi connectivity index (χ2v) is 9.41. The van der Waals surface area contributed by atoms with Gasteiger partial charge in [-0.05, 0) is 61.2 Å². The van der Waals surface area contributed by atoms with E-state index in [1.165, 1.54) is 0 Å². The van der Waals surface area contributed by atoms with Crippen molar-refractivity contribution in [2.75, 3.05) is 25.5 Å². The average molecular weight is 416 g/mol. The molecule has 0 aliphatic heterocycles. The summed E-state index contributed by atoms with van der Waals surface area (Å²) in [7, 11) is 0.446. The molecule has 0 spiro atoms. The minimum Gasteiger partial charge on any atom is -0.378 e. The number of hydrogen-bond donors (Lipinski definition) is 2. The Hall–Kier alpha value is -2.38. The van der Waals surface area contributed by atoms with E-state index in [0.29, 0.717) is 18.5 Å². The first-order chi connectivity index (χ1) is 13.8. The fourth-order valence-corrected chi connectivity index (χ4v) is 4.80. The van der Waals surface area contributed by atoms with Crippen LogP contribution in [0.25, 0.3) is 0 Å². The van der Waals surface area contributed by atoms with Gasteiger partial charge in [0.05, 0.1) is 4.90 Å². The Morgan fingerprint density at radius 1 is 1.00 bits per heavy atom. The molecule has 29 heavy (non-hydrogen) atoms. The maximum absolute atomic E-state index is 12.5. The summed E-state index contributed by atoms with van der Waals surface area (Å²) in [6, 6.07) is 14.4. The molecule has 156 valence electrons. The van der Waals surface area contributed by atoms with Crippen LogP contribution in [-0.2, 0) is 16.4 Å². The number of anilines is 1. The Labute approximate surface area is 173 Å². The summed E-state index contributed by atoms with van der Waals surface area (Å²) in [6.45, 7) is 0.487. The number of benzene rings is 2. The predicted octanol–water partition coefficient (Wildman–Crippen LogP) is 2.95. The Kier molecular flexibility index (Phi) is 6.92. The van der Waals surface area contributed by atoms with E-state index in [0.717, 1.165) is 36.9 Å². The van der Waals surface area contributed by atoms with E-state index in [9.17, 15) is 13.2 Å². The minimum atomic E-state index is -3.46. The van der Waals surface area contributed by atoms with Gasteiger partial charge in [0.25, 0.3) is 5.91 Å². The number of carbonyl (C=O) groups excluding carboxylic acids is 1. The van der Waals surface area contributed by atoms with Crippen LogP contribution in [0.4, 0.5) is 5.69 Å². The minimum absolute atomic E-state index is 0.0571. The summed E-state index contributed by atoms with van der Waals surface area (Å²) in [5.74, 6) is -0.115. The van der Waals surface area contributed by atoms with Gasteiger partial charge >= 0.3 is 0 Å². The lowest BCUT2D eigenvalue weighted by molar-refractivity contribution is 0.0954. The summed E-state index contributed by atoms with van der Waals surface area (Å²) in [5, 5.41) is 2.91. The molecule has 1 fully saturated rings. The predicted molar refractivity (Wildman–Crippen MR) is 116 cm³/mol. The molecule has 0 unspecified atom stereocenters. The van der Waals surface area contributed by atoms with Crippen molar-refractivity contribution in [2.24, 2.45) is 0 Å². The van der Waals surface area contributed by atoms with Gasteiger partial charge in [0, 0.05) is 37.9 Å². The standard InChI is InChI=1S/C22H29N3O3S/c1-25(2)20-11-9-18(10-12-20)22(26)23-16-15-17-7-13-21(14-8-17)29(27,28)24-19-5-3-4-6-19/h7-14,19,24H,3-6,15-16H2,1-2H3,(H,23,26). The number of rotatable bonds is 8. The Bertz CT molecular complexity index is 917. The van der Waals surface area contributed by atoms with Gasteiger partial charge in [-0.2, -0.15) is 0 Å². The molecule has 1 aliphatic carbocycles. The fourth-order valence-electron chi connectivity index (χ4n) is 3.50. The third kappa shape index (κ3) is 5.81. The van der Waals surface area contributed by atoms with Crippen LogP contribution in [0.1, 0.15) is 41.6 Å². The Morgan fingerprint density at radius 2 is 1.62 bits per heavy atom. The molecule has 0 saturated heterocycles. The highest BCUT2D eigenvalue weighted by atomic mass is 32.2. The molecule has 0 heterocycles. The van der Waals surface area contributed by atoms with Crippen molar-refractivity contribution in [1.82, 2.24) is 10.0 Å². The van der Waals surface area contributed by atoms with E-state index in [-0.39, 0.29) is 16.8 Å². The summed E-state index contributed by atoms with van der Waals surface area (Å²) in [6.07, 6.45) is 4.62. The number of carbonyl (C=O) groups is 1. The lowest BCUT2D eigenvalue weighted by Gasteiger charge is -2.13. The van der Waals surface area contributed by atoms with Crippen LogP contribution in [0.15, 0.2) is 53.4 Å². The smallest absolute Gasteiger partial charge is 0.251 e. The third-order valence-corrected chi connectivity index (χ3v) is 6.79. The number of nitrogens with one attached hydrogen (secondary N) is 2. The van der Waals surface area contributed by atoms with Crippen molar-refractivity contribution in [3.63, 3.8) is 0 Å². The molecule has 0 aromatic heterocycles. The third-order valence-electron chi connectivity index (χ3n) is 5.26. The van der Waals surface area contributed by atoms with Crippen LogP contribution in [-0.4, -0.2) is 41.0 Å². The van der Waals surface area contributed by atoms with Crippen LogP contribution in [0, 0.1) is 0 Å². The zero-order valence-corrected chi connectivity index (χ0v) is 17.8. The van der Waals surface area contributed by atoms with Gasteiger partial charge in [0.2, 0.25) is 10.0 Å². The zero-order chi connectivity index (χ0) is 20.9. The second-order valence-electron chi connectivity index (χ2n) is 7.69. The summed E-state index contributed by atoms with van der Waals surface area (Å²) >= 11 is 0. The first-order valence-corrected chi connectivity index (χ1v) is 11.5. The number of hydrogen-bond acceptors (Lipinski definition) is 4. The lowest BCUT2D eigenvalue weighted by atomic mass is 10.1. The van der Waals surface area contributed by atoms with Crippen molar-refractivity contribution >= 4 is 21.6 Å². The first-order valence-electron chi connectivity index (χ1n) is 10.0. The topological polar surface area (TPSA) is 78.5 Å². The van der Waals surface area contributed by atoms with Crippen LogP contribution in [0.3, 0.4) is 0 Å². The Balaban J connectivity index is 1.50. The maximum Gasteiger partial charge on any atom is 0.251 e. The van der Waals surface area contributed by atoms with Gasteiger partial charge < -0.3 is 10.2 Å². The molecule has 6 nitrogen and oxygen atoms in total. The van der Waals surface area contributed by atoms with Gasteiger partial charge in [-0.25, -0.2) is 13.1 Å². The molecule has 1 aliphatic rings. The molecule has 2 aromatic rings.